The average molecular weight is 819 g/mol. The summed E-state index contributed by atoms with van der Waals surface area (Å²) in [5.74, 6) is -5.46. The number of nitrogens with zero attached hydrogens (tertiary/aromatic N) is 4. The third-order valence-corrected chi connectivity index (χ3v) is 14.5. The number of rotatable bonds is 14. The predicted octanol–water partition coefficient (Wildman–Crippen LogP) is -0.0248. The Morgan fingerprint density at radius 1 is 1.02 bits per heavy atom. The molecule has 0 spiro atoms. The lowest BCUT2D eigenvalue weighted by Gasteiger charge is -2.37. The van der Waals surface area contributed by atoms with Crippen molar-refractivity contribution in [2.45, 2.75) is 125 Å². The van der Waals surface area contributed by atoms with Gasteiger partial charge in [0.1, 0.15) is 23.2 Å². The Balaban J connectivity index is 1.31. The summed E-state index contributed by atoms with van der Waals surface area (Å²) >= 11 is 0. The number of sulfone groups is 1. The predicted molar refractivity (Wildman–Crippen MR) is 200 cm³/mol. The number of Topliss-reactive ketones (excluding diaryl/α,β-unsaturated/α-hetero) is 1. The van der Waals surface area contributed by atoms with E-state index in [2.05, 4.69) is 25.7 Å². The number of aromatic nitrogens is 3. The van der Waals surface area contributed by atoms with E-state index in [9.17, 15) is 45.9 Å². The van der Waals surface area contributed by atoms with Crippen LogP contribution < -0.4 is 21.1 Å². The van der Waals surface area contributed by atoms with E-state index in [1.54, 1.807) is 0 Å². The molecule has 2 saturated heterocycles. The van der Waals surface area contributed by atoms with Crippen molar-refractivity contribution >= 4 is 49.3 Å². The second kappa shape index (κ2) is 15.9. The first-order chi connectivity index (χ1) is 26.3. The van der Waals surface area contributed by atoms with Crippen LogP contribution in [0, 0.1) is 5.92 Å². The Morgan fingerprint density at radius 2 is 1.66 bits per heavy atom. The Kier molecular flexibility index (Phi) is 11.8. The summed E-state index contributed by atoms with van der Waals surface area (Å²) in [7, 11) is -7.33. The first-order valence-electron chi connectivity index (χ1n) is 19.0. The van der Waals surface area contributed by atoms with Crippen molar-refractivity contribution in [3.8, 4) is 0 Å². The third-order valence-electron chi connectivity index (χ3n) is 11.3. The van der Waals surface area contributed by atoms with Crippen molar-refractivity contribution in [1.82, 2.24) is 35.2 Å². The van der Waals surface area contributed by atoms with E-state index in [0.717, 1.165) is 44.9 Å². The van der Waals surface area contributed by atoms with Crippen LogP contribution in [0.3, 0.4) is 0 Å². The summed E-state index contributed by atoms with van der Waals surface area (Å²) in [6.07, 6.45) is 6.84. The highest BCUT2D eigenvalue weighted by molar-refractivity contribution is 7.91. The van der Waals surface area contributed by atoms with Gasteiger partial charge in [-0.05, 0) is 76.1 Å². The van der Waals surface area contributed by atoms with Gasteiger partial charge in [0.2, 0.25) is 27.6 Å². The SMILES string of the molecule is CC(C)(O)c1cnnn1C1CC(C(=O)NC2(C(=O)C(N)=O)CCS(=O)(=O)CC2)N(C(=O)[C@@H](CC2CCCCC2)NC(=O)c2ccc(S(=O)(=O)NC3CC3)cc2)C1. The normalized spacial score (nSPS) is 23.2. The van der Waals surface area contributed by atoms with E-state index in [4.69, 9.17) is 5.73 Å². The van der Waals surface area contributed by atoms with Gasteiger partial charge < -0.3 is 26.4 Å². The average Bonchev–Trinajstić information content (AvgIpc) is 3.60. The highest BCUT2D eigenvalue weighted by Crippen LogP contribution is 2.35. The maximum Gasteiger partial charge on any atom is 0.287 e. The van der Waals surface area contributed by atoms with Crippen LogP contribution in [0.2, 0.25) is 0 Å². The molecular formula is C36H50N8O10S2. The number of amides is 4. The van der Waals surface area contributed by atoms with E-state index in [-0.39, 0.29) is 41.8 Å². The van der Waals surface area contributed by atoms with E-state index < -0.39 is 103 Å². The van der Waals surface area contributed by atoms with E-state index in [1.807, 2.05) is 0 Å². The van der Waals surface area contributed by atoms with E-state index in [1.165, 1.54) is 53.9 Å². The smallest absolute Gasteiger partial charge is 0.287 e. The molecule has 2 aliphatic heterocycles. The molecule has 2 aliphatic carbocycles. The van der Waals surface area contributed by atoms with Gasteiger partial charge in [-0.1, -0.05) is 37.3 Å². The standard InChI is InChI=1S/C36H50N8O10S2/c1-35(2,50)29-20-38-42-44(29)25-19-28(33(48)40-36(30(45)31(37)46)14-16-55(51,52)17-15-36)43(21-25)34(49)27(18-22-6-4-3-5-7-22)39-32(47)23-8-12-26(13-9-23)56(53,54)41-24-10-11-24/h8-9,12-13,20,22,24-25,27-28,41,50H,3-7,10-11,14-19,21H2,1-2H3,(H2,37,46)(H,39,47)(H,40,48)/t25?,27-,28?/m1/s1. The number of benzene rings is 1. The highest BCUT2D eigenvalue weighted by Gasteiger charge is 2.51. The first kappa shape index (κ1) is 41.4. The van der Waals surface area contributed by atoms with Gasteiger partial charge in [-0.2, -0.15) is 0 Å². The van der Waals surface area contributed by atoms with Crippen molar-refractivity contribution in [2.24, 2.45) is 11.7 Å². The van der Waals surface area contributed by atoms with Gasteiger partial charge in [-0.25, -0.2) is 26.2 Å². The summed E-state index contributed by atoms with van der Waals surface area (Å²) in [4.78, 5) is 69.6. The van der Waals surface area contributed by atoms with E-state index in [0.29, 0.717) is 5.69 Å². The molecular weight excluding hydrogens is 769 g/mol. The molecule has 4 amide bonds. The number of likely N-dealkylation sites (tertiary alicyclic amines) is 1. The van der Waals surface area contributed by atoms with Crippen molar-refractivity contribution in [2.75, 3.05) is 18.1 Å². The summed E-state index contributed by atoms with van der Waals surface area (Å²) in [5, 5.41) is 24.5. The van der Waals surface area contributed by atoms with Gasteiger partial charge in [0.05, 0.1) is 34.3 Å². The number of nitrogens with two attached hydrogens (primary N) is 1. The molecule has 0 bridgehead atoms. The first-order valence-corrected chi connectivity index (χ1v) is 22.3. The number of primary amides is 1. The minimum absolute atomic E-state index is 0.00515. The Hall–Kier alpha value is -4.27. The fourth-order valence-corrected chi connectivity index (χ4v) is 10.8. The minimum atomic E-state index is -3.77. The van der Waals surface area contributed by atoms with Crippen molar-refractivity contribution in [3.63, 3.8) is 0 Å². The molecule has 2 unspecified atom stereocenters. The number of hydrogen-bond acceptors (Lipinski definition) is 12. The number of sulfonamides is 1. The van der Waals surface area contributed by atoms with Crippen molar-refractivity contribution in [3.05, 3.63) is 41.7 Å². The van der Waals surface area contributed by atoms with Crippen LogP contribution in [0.4, 0.5) is 0 Å². The summed E-state index contributed by atoms with van der Waals surface area (Å²) in [5.41, 5.74) is 2.46. The summed E-state index contributed by atoms with van der Waals surface area (Å²) < 4.78 is 54.2. The molecule has 1 aromatic heterocycles. The highest BCUT2D eigenvalue weighted by atomic mass is 32.2. The summed E-state index contributed by atoms with van der Waals surface area (Å²) in [6, 6.07) is 2.12. The van der Waals surface area contributed by atoms with Gasteiger partial charge in [0, 0.05) is 24.6 Å². The van der Waals surface area contributed by atoms with Gasteiger partial charge in [-0.15, -0.1) is 5.10 Å². The molecule has 3 atom stereocenters. The molecule has 0 radical (unpaired) electrons. The van der Waals surface area contributed by atoms with Crippen LogP contribution in [0.15, 0.2) is 35.4 Å². The molecule has 2 aromatic rings. The van der Waals surface area contributed by atoms with Crippen LogP contribution in [0.1, 0.15) is 107 Å². The number of carbonyl (C=O) groups is 5. The van der Waals surface area contributed by atoms with Crippen LogP contribution in [-0.2, 0) is 44.6 Å². The molecule has 20 heteroatoms. The lowest BCUT2D eigenvalue weighted by molar-refractivity contribution is -0.145. The molecule has 6 rings (SSSR count). The zero-order chi connectivity index (χ0) is 40.6. The topological polar surface area (TPSA) is 270 Å². The molecule has 6 N–H and O–H groups in total. The van der Waals surface area contributed by atoms with Crippen LogP contribution >= 0.6 is 0 Å². The number of carbonyl (C=O) groups excluding carboxylic acids is 5. The van der Waals surface area contributed by atoms with Gasteiger partial charge in [-0.3, -0.25) is 24.0 Å². The number of ketones is 1. The minimum Gasteiger partial charge on any atom is -0.384 e. The van der Waals surface area contributed by atoms with E-state index >= 15 is 0 Å². The zero-order valence-corrected chi connectivity index (χ0v) is 33.1. The molecule has 1 aromatic carbocycles. The molecule has 18 nitrogen and oxygen atoms in total. The second-order valence-electron chi connectivity index (χ2n) is 16.1. The van der Waals surface area contributed by atoms with Gasteiger partial charge in [0.15, 0.2) is 9.84 Å². The fraction of sp³-hybridized carbons (Fsp3) is 0.639. The number of hydrogen-bond donors (Lipinski definition) is 5. The van der Waals surface area contributed by atoms with Crippen LogP contribution in [-0.4, -0.2) is 113 Å². The lowest BCUT2D eigenvalue weighted by atomic mass is 9.84. The molecule has 3 heterocycles. The number of aliphatic hydroxyl groups is 1. The lowest BCUT2D eigenvalue weighted by Crippen LogP contribution is -2.64. The Morgan fingerprint density at radius 3 is 2.25 bits per heavy atom. The molecule has 4 fully saturated rings. The van der Waals surface area contributed by atoms with Crippen molar-refractivity contribution in [1.29, 1.82) is 0 Å². The largest absolute Gasteiger partial charge is 0.384 e. The maximum absolute atomic E-state index is 14.8. The molecule has 4 aliphatic rings. The Labute approximate surface area is 325 Å². The zero-order valence-electron chi connectivity index (χ0n) is 31.5. The van der Waals surface area contributed by atoms with Crippen LogP contribution in [0.5, 0.6) is 0 Å². The molecule has 306 valence electrons. The van der Waals surface area contributed by atoms with Gasteiger partial charge >= 0.3 is 0 Å². The second-order valence-corrected chi connectivity index (χ2v) is 20.1. The molecule has 56 heavy (non-hydrogen) atoms. The number of nitrogens with one attached hydrogen (secondary N) is 3. The summed E-state index contributed by atoms with van der Waals surface area (Å²) in [6.45, 7) is 2.94. The van der Waals surface area contributed by atoms with Gasteiger partial charge in [0.25, 0.3) is 11.8 Å². The monoisotopic (exact) mass is 818 g/mol. The third kappa shape index (κ3) is 9.29. The Bertz CT molecular complexity index is 2060. The van der Waals surface area contributed by atoms with Crippen LogP contribution in [0.25, 0.3) is 0 Å². The van der Waals surface area contributed by atoms with Crippen molar-refractivity contribution < 1.29 is 45.9 Å². The maximum atomic E-state index is 14.8. The molecule has 2 saturated carbocycles. The quantitative estimate of drug-likeness (QED) is 0.157. The fourth-order valence-electron chi connectivity index (χ4n) is 7.98.